The minimum absolute atomic E-state index is 0.0599. The van der Waals surface area contributed by atoms with Crippen molar-refractivity contribution in [1.29, 1.82) is 0 Å². The summed E-state index contributed by atoms with van der Waals surface area (Å²) in [5.41, 5.74) is 0.832. The molecule has 28 heavy (non-hydrogen) atoms. The van der Waals surface area contributed by atoms with E-state index in [0.29, 0.717) is 5.16 Å². The zero-order valence-electron chi connectivity index (χ0n) is 16.1. The van der Waals surface area contributed by atoms with Crippen LogP contribution in [0.15, 0.2) is 39.9 Å². The van der Waals surface area contributed by atoms with E-state index in [2.05, 4.69) is 20.5 Å². The third-order valence-corrected chi connectivity index (χ3v) is 6.20. The molecule has 1 fully saturated rings. The second kappa shape index (κ2) is 8.82. The minimum atomic E-state index is -0.186. The number of nitrogens with one attached hydrogen (secondary N) is 2. The number of thioether (sulfide) groups is 1. The van der Waals surface area contributed by atoms with E-state index in [1.165, 1.54) is 43.9 Å². The van der Waals surface area contributed by atoms with Crippen molar-refractivity contribution in [2.24, 2.45) is 5.92 Å². The lowest BCUT2D eigenvalue weighted by molar-refractivity contribution is -0.119. The van der Waals surface area contributed by atoms with Crippen LogP contribution in [0, 0.1) is 5.92 Å². The second-order valence-corrected chi connectivity index (χ2v) is 8.46. The van der Waals surface area contributed by atoms with Gasteiger partial charge in [0.25, 0.3) is 0 Å². The summed E-state index contributed by atoms with van der Waals surface area (Å²) in [5, 5.41) is 11.9. The van der Waals surface area contributed by atoms with E-state index >= 15 is 0 Å². The Hall–Kier alpha value is -2.28. The normalized spacial score (nSPS) is 15.9. The molecular weight excluding hydrogens is 372 g/mol. The Labute approximate surface area is 168 Å². The summed E-state index contributed by atoms with van der Waals surface area (Å²) in [4.78, 5) is 16.8. The monoisotopic (exact) mass is 398 g/mol. The van der Waals surface area contributed by atoms with Gasteiger partial charge in [0.05, 0.1) is 11.8 Å². The number of fused-ring (bicyclic) bond motifs is 1. The van der Waals surface area contributed by atoms with Crippen molar-refractivity contribution in [2.75, 3.05) is 5.75 Å². The third-order valence-electron chi connectivity index (χ3n) is 5.36. The number of carbonyl (C=O) groups is 1. The van der Waals surface area contributed by atoms with Crippen LogP contribution in [0.3, 0.4) is 0 Å². The van der Waals surface area contributed by atoms with Crippen LogP contribution in [-0.4, -0.2) is 26.8 Å². The van der Waals surface area contributed by atoms with Crippen molar-refractivity contribution in [2.45, 2.75) is 56.6 Å². The molecule has 1 aromatic carbocycles. The maximum absolute atomic E-state index is 12.3. The molecule has 0 aliphatic heterocycles. The van der Waals surface area contributed by atoms with E-state index in [-0.39, 0.29) is 17.7 Å². The molecule has 1 aliphatic carbocycles. The van der Waals surface area contributed by atoms with E-state index < -0.39 is 0 Å². The summed E-state index contributed by atoms with van der Waals surface area (Å²) >= 11 is 1.35. The summed E-state index contributed by atoms with van der Waals surface area (Å²) in [6.45, 7) is 1.92. The molecule has 2 heterocycles. The zero-order chi connectivity index (χ0) is 19.3. The molecule has 0 bridgehead atoms. The zero-order valence-corrected chi connectivity index (χ0v) is 16.9. The Morgan fingerprint density at radius 2 is 2.18 bits per heavy atom. The first-order valence-electron chi connectivity index (χ1n) is 9.99. The number of aromatic amines is 1. The van der Waals surface area contributed by atoms with Crippen molar-refractivity contribution >= 4 is 28.6 Å². The van der Waals surface area contributed by atoms with Crippen molar-refractivity contribution in [1.82, 2.24) is 20.5 Å². The van der Waals surface area contributed by atoms with Crippen molar-refractivity contribution in [3.63, 3.8) is 0 Å². The van der Waals surface area contributed by atoms with Gasteiger partial charge in [0.1, 0.15) is 17.2 Å². The van der Waals surface area contributed by atoms with Crippen LogP contribution >= 0.6 is 11.8 Å². The highest BCUT2D eigenvalue weighted by Gasteiger charge is 2.17. The first kappa shape index (κ1) is 19.1. The Kier molecular flexibility index (Phi) is 6.00. The average molecular weight is 399 g/mol. The van der Waals surface area contributed by atoms with Crippen LogP contribution in [0.2, 0.25) is 0 Å². The first-order chi connectivity index (χ1) is 13.7. The van der Waals surface area contributed by atoms with E-state index in [1.54, 1.807) is 0 Å². The number of hydrogen-bond acceptors (Lipinski definition) is 5. The maximum atomic E-state index is 12.3. The van der Waals surface area contributed by atoms with Gasteiger partial charge in [-0.3, -0.25) is 9.89 Å². The lowest BCUT2D eigenvalue weighted by atomic mass is 10.0. The number of amides is 1. The topological polar surface area (TPSA) is 83.8 Å². The average Bonchev–Trinajstić information content (AvgIpc) is 3.45. The van der Waals surface area contributed by atoms with Gasteiger partial charge in [-0.25, -0.2) is 4.98 Å². The van der Waals surface area contributed by atoms with Gasteiger partial charge in [-0.1, -0.05) is 55.6 Å². The summed E-state index contributed by atoms with van der Waals surface area (Å²) in [5.74, 6) is 2.74. The fraction of sp³-hybridized carbons (Fsp3) is 0.476. The number of rotatable bonds is 8. The molecule has 1 amide bonds. The lowest BCUT2D eigenvalue weighted by Gasteiger charge is -2.10. The number of para-hydroxylation sites is 1. The molecule has 0 radical (unpaired) electrons. The molecule has 6 nitrogen and oxygen atoms in total. The Bertz CT molecular complexity index is 896. The molecule has 0 saturated heterocycles. The van der Waals surface area contributed by atoms with Gasteiger partial charge in [0, 0.05) is 11.8 Å². The summed E-state index contributed by atoms with van der Waals surface area (Å²) in [7, 11) is 0. The molecular formula is C21H26N4O2S. The molecule has 1 unspecified atom stereocenters. The molecule has 3 aromatic rings. The number of aryl methyl sites for hydroxylation is 1. The summed E-state index contributed by atoms with van der Waals surface area (Å²) in [6.07, 6.45) is 7.54. The van der Waals surface area contributed by atoms with E-state index in [0.717, 1.165) is 34.9 Å². The molecule has 2 N–H and O–H groups in total. The van der Waals surface area contributed by atoms with Crippen molar-refractivity contribution in [3.05, 3.63) is 41.9 Å². The van der Waals surface area contributed by atoms with Gasteiger partial charge < -0.3 is 9.73 Å². The SMILES string of the molecule is CC(NC(=O)CSc1n[nH]c(CCC2CCCC2)n1)c1cc2ccccc2o1. The number of nitrogens with zero attached hydrogens (tertiary/aromatic N) is 2. The number of aromatic nitrogens is 3. The number of H-pyrrole nitrogens is 1. The van der Waals surface area contributed by atoms with Gasteiger partial charge in [-0.15, -0.1) is 5.10 Å². The highest BCUT2D eigenvalue weighted by molar-refractivity contribution is 7.99. The van der Waals surface area contributed by atoms with Crippen LogP contribution < -0.4 is 5.32 Å². The minimum Gasteiger partial charge on any atom is -0.459 e. The van der Waals surface area contributed by atoms with E-state index in [9.17, 15) is 4.79 Å². The van der Waals surface area contributed by atoms with Crippen molar-refractivity contribution < 1.29 is 9.21 Å². The fourth-order valence-corrected chi connectivity index (χ4v) is 4.42. The molecule has 1 aliphatic rings. The van der Waals surface area contributed by atoms with Crippen LogP contribution in [0.25, 0.3) is 11.0 Å². The lowest BCUT2D eigenvalue weighted by Crippen LogP contribution is -2.27. The molecule has 4 rings (SSSR count). The summed E-state index contributed by atoms with van der Waals surface area (Å²) < 4.78 is 5.81. The Morgan fingerprint density at radius 1 is 1.36 bits per heavy atom. The van der Waals surface area contributed by atoms with E-state index in [4.69, 9.17) is 4.42 Å². The van der Waals surface area contributed by atoms with Crippen LogP contribution in [0.5, 0.6) is 0 Å². The first-order valence-corrected chi connectivity index (χ1v) is 11.0. The molecule has 0 spiro atoms. The van der Waals surface area contributed by atoms with E-state index in [1.807, 2.05) is 37.3 Å². The number of furan rings is 1. The molecule has 2 aromatic heterocycles. The van der Waals surface area contributed by atoms with Gasteiger partial charge in [0.2, 0.25) is 11.1 Å². The largest absolute Gasteiger partial charge is 0.459 e. The standard InChI is InChI=1S/C21H26N4O2S/c1-14(18-12-16-8-4-5-9-17(16)27-18)22-20(26)13-28-21-23-19(24-25-21)11-10-15-6-2-3-7-15/h4-5,8-9,12,14-15H,2-3,6-7,10-11,13H2,1H3,(H,22,26)(H,23,24,25). The Balaban J connectivity index is 1.23. The van der Waals surface area contributed by atoms with Crippen LogP contribution in [0.4, 0.5) is 0 Å². The third kappa shape index (κ3) is 4.76. The van der Waals surface area contributed by atoms with Crippen molar-refractivity contribution in [3.8, 4) is 0 Å². The fourth-order valence-electron chi connectivity index (χ4n) is 3.79. The highest BCUT2D eigenvalue weighted by atomic mass is 32.2. The number of carbonyl (C=O) groups excluding carboxylic acids is 1. The summed E-state index contributed by atoms with van der Waals surface area (Å²) in [6, 6.07) is 9.63. The quantitative estimate of drug-likeness (QED) is 0.540. The molecule has 1 atom stereocenters. The van der Waals surface area contributed by atoms with Gasteiger partial charge in [-0.05, 0) is 31.4 Å². The van der Waals surface area contributed by atoms with Crippen LogP contribution in [0.1, 0.15) is 56.7 Å². The number of benzene rings is 1. The Morgan fingerprint density at radius 3 is 3.00 bits per heavy atom. The van der Waals surface area contributed by atoms with Gasteiger partial charge >= 0.3 is 0 Å². The highest BCUT2D eigenvalue weighted by Crippen LogP contribution is 2.28. The smallest absolute Gasteiger partial charge is 0.231 e. The molecule has 1 saturated carbocycles. The second-order valence-electron chi connectivity index (χ2n) is 7.52. The molecule has 148 valence electrons. The predicted octanol–water partition coefficient (Wildman–Crippen LogP) is 4.64. The van der Waals surface area contributed by atoms with Gasteiger partial charge in [0.15, 0.2) is 0 Å². The molecule has 7 heteroatoms. The maximum Gasteiger partial charge on any atom is 0.231 e. The van der Waals surface area contributed by atoms with Crippen LogP contribution in [-0.2, 0) is 11.2 Å². The van der Waals surface area contributed by atoms with Gasteiger partial charge in [-0.2, -0.15) is 0 Å². The predicted molar refractivity (Wildman–Crippen MR) is 110 cm³/mol. The number of hydrogen-bond donors (Lipinski definition) is 2.